The molecule has 1 aliphatic rings. The Labute approximate surface area is 193 Å². The summed E-state index contributed by atoms with van der Waals surface area (Å²) in [6.45, 7) is 9.39. The van der Waals surface area contributed by atoms with Crippen molar-refractivity contribution < 1.29 is 9.53 Å². The fraction of sp³-hybridized carbons (Fsp3) is 0.375. The van der Waals surface area contributed by atoms with Crippen LogP contribution in [0.1, 0.15) is 11.1 Å². The number of rotatable bonds is 4. The number of piperazine rings is 1. The molecule has 3 heterocycles. The van der Waals surface area contributed by atoms with Crippen LogP contribution in [-0.4, -0.2) is 82.2 Å². The van der Waals surface area contributed by atoms with Crippen molar-refractivity contribution in [1.29, 1.82) is 0 Å². The Morgan fingerprint density at radius 3 is 2.48 bits per heavy atom. The molecule has 0 atom stereocenters. The van der Waals surface area contributed by atoms with E-state index in [4.69, 9.17) is 4.74 Å². The molecule has 2 aromatic carbocycles. The van der Waals surface area contributed by atoms with Crippen molar-refractivity contribution in [2.24, 2.45) is 0 Å². The van der Waals surface area contributed by atoms with E-state index >= 15 is 0 Å². The molecule has 0 spiro atoms. The Morgan fingerprint density at radius 2 is 1.73 bits per heavy atom. The van der Waals surface area contributed by atoms with E-state index in [1.807, 2.05) is 31.2 Å². The first-order valence-electron chi connectivity index (χ1n) is 11.2. The summed E-state index contributed by atoms with van der Waals surface area (Å²) in [7, 11) is 2.12. The normalized spacial score (nSPS) is 14.8. The van der Waals surface area contributed by atoms with Gasteiger partial charge in [-0.25, -0.2) is 14.8 Å². The molecular weight excluding hydrogens is 418 g/mol. The van der Waals surface area contributed by atoms with Crippen LogP contribution in [0.4, 0.5) is 10.7 Å². The van der Waals surface area contributed by atoms with E-state index in [1.54, 1.807) is 6.33 Å². The fourth-order valence-electron chi connectivity index (χ4n) is 3.70. The SMILES string of the molecule is Cc1ccc2nc(NC(=O)OCCN3CCN(C)CC3)[nH]c2c1.Cc1ccc2nc[nH]c2c1. The van der Waals surface area contributed by atoms with E-state index in [1.165, 1.54) is 5.56 Å². The summed E-state index contributed by atoms with van der Waals surface area (Å²) in [4.78, 5) is 31.0. The predicted molar refractivity (Wildman–Crippen MR) is 131 cm³/mol. The first-order chi connectivity index (χ1) is 16.0. The van der Waals surface area contributed by atoms with Gasteiger partial charge in [0.25, 0.3) is 0 Å². The van der Waals surface area contributed by atoms with E-state index in [0.29, 0.717) is 12.6 Å². The number of H-pyrrole nitrogens is 2. The molecule has 0 unspecified atom stereocenters. The number of amides is 1. The summed E-state index contributed by atoms with van der Waals surface area (Å²) in [5, 5.41) is 2.64. The first kappa shape index (κ1) is 22.8. The van der Waals surface area contributed by atoms with Crippen molar-refractivity contribution in [1.82, 2.24) is 29.7 Å². The number of benzene rings is 2. The predicted octanol–water partition coefficient (Wildman–Crippen LogP) is 3.54. The number of likely N-dealkylation sites (N-methyl/N-ethyl adjacent to an activating group) is 1. The van der Waals surface area contributed by atoms with E-state index in [0.717, 1.165) is 60.4 Å². The minimum Gasteiger partial charge on any atom is -0.448 e. The molecule has 9 heteroatoms. The van der Waals surface area contributed by atoms with E-state index in [2.05, 4.69) is 61.2 Å². The zero-order chi connectivity index (χ0) is 23.2. The first-order valence-corrected chi connectivity index (χ1v) is 11.2. The third-order valence-electron chi connectivity index (χ3n) is 5.67. The number of anilines is 1. The largest absolute Gasteiger partial charge is 0.448 e. The zero-order valence-corrected chi connectivity index (χ0v) is 19.4. The van der Waals surface area contributed by atoms with Crippen molar-refractivity contribution in [2.45, 2.75) is 13.8 Å². The topological polar surface area (TPSA) is 102 Å². The lowest BCUT2D eigenvalue weighted by molar-refractivity contribution is 0.111. The van der Waals surface area contributed by atoms with Crippen molar-refractivity contribution >= 4 is 34.1 Å². The lowest BCUT2D eigenvalue weighted by Gasteiger charge is -2.31. The molecular formula is C24H31N7O2. The summed E-state index contributed by atoms with van der Waals surface area (Å²) in [5.74, 6) is 0.412. The van der Waals surface area contributed by atoms with Gasteiger partial charge in [0.2, 0.25) is 5.95 Å². The number of aromatic nitrogens is 4. The van der Waals surface area contributed by atoms with Gasteiger partial charge in [0.05, 0.1) is 28.4 Å². The van der Waals surface area contributed by atoms with Crippen LogP contribution >= 0.6 is 0 Å². The molecule has 1 amide bonds. The van der Waals surface area contributed by atoms with Crippen LogP contribution in [0, 0.1) is 13.8 Å². The number of fused-ring (bicyclic) bond motifs is 2. The van der Waals surface area contributed by atoms with Gasteiger partial charge >= 0.3 is 6.09 Å². The number of hydrogen-bond donors (Lipinski definition) is 3. The van der Waals surface area contributed by atoms with Crippen LogP contribution in [0.5, 0.6) is 0 Å². The Kier molecular flexibility index (Phi) is 7.21. The van der Waals surface area contributed by atoms with Gasteiger partial charge in [-0.3, -0.25) is 10.2 Å². The van der Waals surface area contributed by atoms with Gasteiger partial charge in [-0.05, 0) is 56.3 Å². The maximum Gasteiger partial charge on any atom is 0.414 e. The van der Waals surface area contributed by atoms with Crippen LogP contribution in [0.25, 0.3) is 22.1 Å². The molecule has 0 bridgehead atoms. The average Bonchev–Trinajstić information content (AvgIpc) is 3.41. The summed E-state index contributed by atoms with van der Waals surface area (Å²) < 4.78 is 5.23. The van der Waals surface area contributed by atoms with Crippen LogP contribution < -0.4 is 5.32 Å². The average molecular weight is 450 g/mol. The highest BCUT2D eigenvalue weighted by atomic mass is 16.5. The van der Waals surface area contributed by atoms with Gasteiger partial charge in [0.1, 0.15) is 6.61 Å². The van der Waals surface area contributed by atoms with Gasteiger partial charge in [0.15, 0.2) is 0 Å². The minimum atomic E-state index is -0.477. The van der Waals surface area contributed by atoms with Crippen molar-refractivity contribution in [3.8, 4) is 0 Å². The quantitative estimate of drug-likeness (QED) is 0.440. The lowest BCUT2D eigenvalue weighted by Crippen LogP contribution is -2.45. The second-order valence-corrected chi connectivity index (χ2v) is 8.43. The molecule has 2 aromatic heterocycles. The van der Waals surface area contributed by atoms with Gasteiger partial charge in [-0.15, -0.1) is 0 Å². The summed E-state index contributed by atoms with van der Waals surface area (Å²) >= 11 is 0. The molecule has 9 nitrogen and oxygen atoms in total. The molecule has 0 aliphatic carbocycles. The van der Waals surface area contributed by atoms with Gasteiger partial charge < -0.3 is 19.6 Å². The number of hydrogen-bond acceptors (Lipinski definition) is 6. The van der Waals surface area contributed by atoms with E-state index < -0.39 is 6.09 Å². The van der Waals surface area contributed by atoms with E-state index in [9.17, 15) is 4.79 Å². The minimum absolute atomic E-state index is 0.384. The van der Waals surface area contributed by atoms with Crippen LogP contribution in [-0.2, 0) is 4.74 Å². The van der Waals surface area contributed by atoms with Crippen molar-refractivity contribution in [3.05, 3.63) is 53.9 Å². The molecule has 5 rings (SSSR count). The standard InChI is InChI=1S/C16H23N5O2.C8H8N2/c1-12-3-4-13-14(11-12)18-15(17-13)19-16(22)23-10-9-21-7-5-20(2)6-8-21;1-6-2-3-7-8(4-6)10-5-9-7/h3-4,11H,5-10H2,1-2H3,(H2,17,18,19,22);2-5H,1H3,(H,9,10). The third kappa shape index (κ3) is 6.30. The summed E-state index contributed by atoms with van der Waals surface area (Å²) in [5.41, 5.74) is 6.27. The maximum absolute atomic E-state index is 11.8. The molecule has 0 saturated carbocycles. The monoisotopic (exact) mass is 449 g/mol. The second kappa shape index (κ2) is 10.5. The molecule has 4 aromatic rings. The van der Waals surface area contributed by atoms with Crippen LogP contribution in [0.2, 0.25) is 0 Å². The number of imidazole rings is 2. The van der Waals surface area contributed by atoms with Crippen LogP contribution in [0.15, 0.2) is 42.7 Å². The number of aromatic amines is 2. The lowest BCUT2D eigenvalue weighted by atomic mass is 10.2. The van der Waals surface area contributed by atoms with Gasteiger partial charge in [-0.1, -0.05) is 12.1 Å². The molecule has 174 valence electrons. The third-order valence-corrected chi connectivity index (χ3v) is 5.67. The van der Waals surface area contributed by atoms with Crippen molar-refractivity contribution in [3.63, 3.8) is 0 Å². The number of nitrogens with one attached hydrogen (secondary N) is 3. The zero-order valence-electron chi connectivity index (χ0n) is 19.4. The van der Waals surface area contributed by atoms with Gasteiger partial charge in [-0.2, -0.15) is 0 Å². The molecule has 33 heavy (non-hydrogen) atoms. The Balaban J connectivity index is 0.000000214. The number of carbonyl (C=O) groups excluding carboxylic acids is 1. The Hall–Kier alpha value is -3.43. The number of aryl methyl sites for hydroxylation is 2. The Morgan fingerprint density at radius 1 is 1.03 bits per heavy atom. The smallest absolute Gasteiger partial charge is 0.414 e. The van der Waals surface area contributed by atoms with Crippen LogP contribution in [0.3, 0.4) is 0 Å². The van der Waals surface area contributed by atoms with E-state index in [-0.39, 0.29) is 0 Å². The highest BCUT2D eigenvalue weighted by molar-refractivity contribution is 5.86. The molecule has 1 fully saturated rings. The number of ether oxygens (including phenoxy) is 1. The number of carbonyl (C=O) groups is 1. The number of nitrogens with zero attached hydrogens (tertiary/aromatic N) is 4. The van der Waals surface area contributed by atoms with Gasteiger partial charge in [0, 0.05) is 32.7 Å². The Bertz CT molecular complexity index is 1210. The molecule has 0 radical (unpaired) electrons. The second-order valence-electron chi connectivity index (χ2n) is 8.43. The maximum atomic E-state index is 11.8. The summed E-state index contributed by atoms with van der Waals surface area (Å²) in [6.07, 6.45) is 1.24. The molecule has 3 N–H and O–H groups in total. The fourth-order valence-corrected chi connectivity index (χ4v) is 3.70. The summed E-state index contributed by atoms with van der Waals surface area (Å²) in [6, 6.07) is 12.1. The highest BCUT2D eigenvalue weighted by Crippen LogP contribution is 2.15. The molecule has 1 aliphatic heterocycles. The molecule has 1 saturated heterocycles. The van der Waals surface area contributed by atoms with Crippen molar-refractivity contribution in [2.75, 3.05) is 51.7 Å². The highest BCUT2D eigenvalue weighted by Gasteiger charge is 2.14.